The van der Waals surface area contributed by atoms with Crippen LogP contribution in [0.25, 0.3) is 0 Å². The summed E-state index contributed by atoms with van der Waals surface area (Å²) in [4.78, 5) is 0. The standard InChI is InChI=1S/C12H16ClFN2/c1-8-5-10(13)12(6-11(8)14)16-7-9-3-2-4-15-9/h5-6,9,15-16H,2-4,7H2,1H3. The van der Waals surface area contributed by atoms with Crippen LogP contribution in [-0.2, 0) is 0 Å². The molecule has 88 valence electrons. The van der Waals surface area contributed by atoms with Gasteiger partial charge in [0.15, 0.2) is 0 Å². The van der Waals surface area contributed by atoms with E-state index in [-0.39, 0.29) is 5.82 Å². The molecule has 0 radical (unpaired) electrons. The van der Waals surface area contributed by atoms with E-state index in [1.54, 1.807) is 13.0 Å². The molecule has 2 N–H and O–H groups in total. The Morgan fingerprint density at radius 3 is 3.06 bits per heavy atom. The molecule has 1 aromatic rings. The van der Waals surface area contributed by atoms with Crippen LogP contribution in [0.4, 0.5) is 10.1 Å². The van der Waals surface area contributed by atoms with Gasteiger partial charge in [-0.3, -0.25) is 0 Å². The van der Waals surface area contributed by atoms with Crippen molar-refractivity contribution in [3.05, 3.63) is 28.5 Å². The lowest BCUT2D eigenvalue weighted by Gasteiger charge is -2.14. The molecule has 16 heavy (non-hydrogen) atoms. The van der Waals surface area contributed by atoms with Crippen molar-refractivity contribution in [2.45, 2.75) is 25.8 Å². The van der Waals surface area contributed by atoms with Crippen molar-refractivity contribution in [3.63, 3.8) is 0 Å². The Labute approximate surface area is 100 Å². The molecule has 1 saturated heterocycles. The minimum atomic E-state index is -0.216. The fourth-order valence-electron chi connectivity index (χ4n) is 1.95. The molecule has 4 heteroatoms. The average Bonchev–Trinajstić information content (AvgIpc) is 2.74. The van der Waals surface area contributed by atoms with Gasteiger partial charge in [-0.1, -0.05) is 11.6 Å². The van der Waals surface area contributed by atoms with Crippen LogP contribution in [0.1, 0.15) is 18.4 Å². The van der Waals surface area contributed by atoms with Crippen LogP contribution < -0.4 is 10.6 Å². The third kappa shape index (κ3) is 2.66. The number of aryl methyl sites for hydroxylation is 1. The molecule has 0 saturated carbocycles. The Morgan fingerprint density at radius 2 is 2.38 bits per heavy atom. The van der Waals surface area contributed by atoms with Crippen molar-refractivity contribution in [3.8, 4) is 0 Å². The van der Waals surface area contributed by atoms with Crippen LogP contribution in [0.5, 0.6) is 0 Å². The van der Waals surface area contributed by atoms with Gasteiger partial charge in [0, 0.05) is 12.6 Å². The van der Waals surface area contributed by atoms with Gasteiger partial charge in [-0.05, 0) is 44.0 Å². The summed E-state index contributed by atoms with van der Waals surface area (Å²) in [5.41, 5.74) is 1.26. The Hall–Kier alpha value is -0.800. The summed E-state index contributed by atoms with van der Waals surface area (Å²) >= 11 is 6.04. The number of hydrogen-bond donors (Lipinski definition) is 2. The highest BCUT2D eigenvalue weighted by atomic mass is 35.5. The molecule has 1 unspecified atom stereocenters. The lowest BCUT2D eigenvalue weighted by atomic mass is 10.2. The molecule has 0 aromatic heterocycles. The topological polar surface area (TPSA) is 24.1 Å². The summed E-state index contributed by atoms with van der Waals surface area (Å²) in [6.07, 6.45) is 2.38. The zero-order valence-electron chi connectivity index (χ0n) is 9.32. The highest BCUT2D eigenvalue weighted by Gasteiger charge is 2.14. The van der Waals surface area contributed by atoms with Gasteiger partial charge in [-0.2, -0.15) is 0 Å². The molecular formula is C12H16ClFN2. The van der Waals surface area contributed by atoms with Gasteiger partial charge in [-0.25, -0.2) is 4.39 Å². The number of nitrogens with one attached hydrogen (secondary N) is 2. The minimum Gasteiger partial charge on any atom is -0.382 e. The van der Waals surface area contributed by atoms with Crippen LogP contribution in [0.2, 0.25) is 5.02 Å². The van der Waals surface area contributed by atoms with Crippen molar-refractivity contribution in [1.29, 1.82) is 0 Å². The molecule has 0 amide bonds. The maximum atomic E-state index is 13.3. The van der Waals surface area contributed by atoms with Crippen LogP contribution in [0.3, 0.4) is 0 Å². The van der Waals surface area contributed by atoms with E-state index in [0.717, 1.165) is 13.1 Å². The van der Waals surface area contributed by atoms with Crippen molar-refractivity contribution in [2.24, 2.45) is 0 Å². The predicted molar refractivity (Wildman–Crippen MR) is 65.7 cm³/mol. The quantitative estimate of drug-likeness (QED) is 0.852. The smallest absolute Gasteiger partial charge is 0.128 e. The van der Waals surface area contributed by atoms with Gasteiger partial charge in [0.2, 0.25) is 0 Å². The maximum Gasteiger partial charge on any atom is 0.128 e. The second kappa shape index (κ2) is 5.02. The third-order valence-corrected chi connectivity index (χ3v) is 3.26. The predicted octanol–water partition coefficient (Wildman–Crippen LogP) is 2.95. The van der Waals surface area contributed by atoms with Crippen molar-refractivity contribution < 1.29 is 4.39 Å². The summed E-state index contributed by atoms with van der Waals surface area (Å²) in [6.45, 7) is 3.58. The summed E-state index contributed by atoms with van der Waals surface area (Å²) in [6, 6.07) is 3.59. The van der Waals surface area contributed by atoms with Gasteiger partial charge in [0.1, 0.15) is 5.82 Å². The van der Waals surface area contributed by atoms with Gasteiger partial charge < -0.3 is 10.6 Å². The second-order valence-electron chi connectivity index (χ2n) is 4.26. The molecule has 2 nitrogen and oxygen atoms in total. The number of benzene rings is 1. The molecule has 0 spiro atoms. The average molecular weight is 243 g/mol. The molecule has 0 aliphatic carbocycles. The molecule has 1 fully saturated rings. The van der Waals surface area contributed by atoms with E-state index in [1.165, 1.54) is 18.9 Å². The molecule has 1 atom stereocenters. The van der Waals surface area contributed by atoms with Gasteiger partial charge in [-0.15, -0.1) is 0 Å². The lowest BCUT2D eigenvalue weighted by Crippen LogP contribution is -2.29. The fourth-order valence-corrected chi connectivity index (χ4v) is 2.23. The van der Waals surface area contributed by atoms with E-state index in [1.807, 2.05) is 0 Å². The highest BCUT2D eigenvalue weighted by molar-refractivity contribution is 6.33. The van der Waals surface area contributed by atoms with E-state index in [4.69, 9.17) is 11.6 Å². The van der Waals surface area contributed by atoms with Crippen molar-refractivity contribution in [2.75, 3.05) is 18.4 Å². The molecule has 1 aliphatic heterocycles. The molecule has 1 heterocycles. The Morgan fingerprint density at radius 1 is 1.56 bits per heavy atom. The maximum absolute atomic E-state index is 13.3. The molecule has 2 rings (SSSR count). The first-order valence-corrected chi connectivity index (χ1v) is 5.97. The van der Waals surface area contributed by atoms with Gasteiger partial charge in [0.25, 0.3) is 0 Å². The molecular weight excluding hydrogens is 227 g/mol. The number of rotatable bonds is 3. The SMILES string of the molecule is Cc1cc(Cl)c(NCC2CCCN2)cc1F. The van der Waals surface area contributed by atoms with Crippen LogP contribution in [0, 0.1) is 12.7 Å². The Kier molecular flexibility index (Phi) is 3.66. The van der Waals surface area contributed by atoms with Crippen LogP contribution in [0.15, 0.2) is 12.1 Å². The van der Waals surface area contributed by atoms with Crippen LogP contribution >= 0.6 is 11.6 Å². The summed E-state index contributed by atoms with van der Waals surface area (Å²) < 4.78 is 13.3. The largest absolute Gasteiger partial charge is 0.382 e. The van der Waals surface area contributed by atoms with Gasteiger partial charge >= 0.3 is 0 Å². The van der Waals surface area contributed by atoms with E-state index in [2.05, 4.69) is 10.6 Å². The monoisotopic (exact) mass is 242 g/mol. The number of anilines is 1. The molecule has 1 aromatic carbocycles. The van der Waals surface area contributed by atoms with Crippen molar-refractivity contribution >= 4 is 17.3 Å². The lowest BCUT2D eigenvalue weighted by molar-refractivity contribution is 0.616. The summed E-state index contributed by atoms with van der Waals surface area (Å²) in [5.74, 6) is -0.216. The molecule has 1 aliphatic rings. The van der Waals surface area contributed by atoms with Crippen LogP contribution in [-0.4, -0.2) is 19.1 Å². The van der Waals surface area contributed by atoms with E-state index in [0.29, 0.717) is 22.3 Å². The third-order valence-electron chi connectivity index (χ3n) is 2.95. The highest BCUT2D eigenvalue weighted by Crippen LogP contribution is 2.25. The second-order valence-corrected chi connectivity index (χ2v) is 4.66. The number of hydrogen-bond acceptors (Lipinski definition) is 2. The minimum absolute atomic E-state index is 0.216. The Balaban J connectivity index is 2.00. The summed E-state index contributed by atoms with van der Waals surface area (Å²) in [5, 5.41) is 7.14. The van der Waals surface area contributed by atoms with E-state index in [9.17, 15) is 4.39 Å². The normalized spacial score (nSPS) is 20.1. The van der Waals surface area contributed by atoms with Crippen molar-refractivity contribution in [1.82, 2.24) is 5.32 Å². The first kappa shape index (κ1) is 11.7. The summed E-state index contributed by atoms with van der Waals surface area (Å²) in [7, 11) is 0. The Bertz CT molecular complexity index is 376. The van der Waals surface area contributed by atoms with E-state index >= 15 is 0 Å². The van der Waals surface area contributed by atoms with Gasteiger partial charge in [0.05, 0.1) is 10.7 Å². The first-order valence-electron chi connectivity index (χ1n) is 5.59. The number of halogens is 2. The zero-order valence-corrected chi connectivity index (χ0v) is 10.1. The fraction of sp³-hybridized carbons (Fsp3) is 0.500. The molecule has 0 bridgehead atoms. The zero-order chi connectivity index (χ0) is 11.5. The van der Waals surface area contributed by atoms with E-state index < -0.39 is 0 Å². The first-order chi connectivity index (χ1) is 7.66.